The Morgan fingerprint density at radius 2 is 1.72 bits per heavy atom. The zero-order valence-corrected chi connectivity index (χ0v) is 21.0. The highest BCUT2D eigenvalue weighted by atomic mass is 19.2. The molecule has 0 bridgehead atoms. The minimum atomic E-state index is -0.860. The van der Waals surface area contributed by atoms with E-state index in [2.05, 4.69) is 15.5 Å². The van der Waals surface area contributed by atoms with Gasteiger partial charge in [-0.1, -0.05) is 18.2 Å². The Balaban J connectivity index is 1.40. The third-order valence-corrected chi connectivity index (χ3v) is 7.44. The second kappa shape index (κ2) is 10.3. The van der Waals surface area contributed by atoms with Gasteiger partial charge < -0.3 is 19.1 Å². The van der Waals surface area contributed by atoms with E-state index in [0.717, 1.165) is 67.5 Å². The maximum Gasteiger partial charge on any atom is 0.270 e. The number of benzene rings is 2. The molecule has 5 nitrogen and oxygen atoms in total. The molecule has 0 radical (unpaired) electrons. The highest BCUT2D eigenvalue weighted by Gasteiger charge is 2.31. The van der Waals surface area contributed by atoms with E-state index in [1.165, 1.54) is 11.6 Å². The number of aromatic nitrogens is 1. The first-order chi connectivity index (χ1) is 17.5. The molecule has 1 fully saturated rings. The van der Waals surface area contributed by atoms with Crippen LogP contribution in [0.2, 0.25) is 0 Å². The average Bonchev–Trinajstić information content (AvgIpc) is 3.18. The van der Waals surface area contributed by atoms with Crippen LogP contribution in [0, 0.1) is 18.6 Å². The molecule has 7 heteroatoms. The number of hydrogen-bond donors (Lipinski definition) is 0. The number of piperazine rings is 1. The van der Waals surface area contributed by atoms with E-state index >= 15 is 0 Å². The van der Waals surface area contributed by atoms with Crippen molar-refractivity contribution in [2.24, 2.45) is 0 Å². The normalized spacial score (nSPS) is 15.7. The summed E-state index contributed by atoms with van der Waals surface area (Å²) in [6, 6.07) is 12.0. The fraction of sp³-hybridized carbons (Fsp3) is 0.414. The van der Waals surface area contributed by atoms with Crippen LogP contribution in [0.3, 0.4) is 0 Å². The summed E-state index contributed by atoms with van der Waals surface area (Å²) in [5, 5.41) is 0. The van der Waals surface area contributed by atoms with Crippen LogP contribution < -0.4 is 9.64 Å². The molecule has 5 rings (SSSR count). The van der Waals surface area contributed by atoms with E-state index in [0.29, 0.717) is 37.5 Å². The number of halogens is 2. The molecule has 2 aliphatic rings. The highest BCUT2D eigenvalue weighted by Crippen LogP contribution is 2.33. The van der Waals surface area contributed by atoms with Crippen molar-refractivity contribution in [1.29, 1.82) is 0 Å². The van der Waals surface area contributed by atoms with Gasteiger partial charge in [0.25, 0.3) is 5.91 Å². The van der Waals surface area contributed by atoms with Gasteiger partial charge in [0.05, 0.1) is 12.3 Å². The summed E-state index contributed by atoms with van der Waals surface area (Å²) in [7, 11) is 0. The number of carbonyl (C=O) groups excluding carboxylic acids is 1. The number of nitrogens with zero attached hydrogens (tertiary/aromatic N) is 3. The highest BCUT2D eigenvalue weighted by molar-refractivity contribution is 5.95. The topological polar surface area (TPSA) is 37.7 Å². The molecule has 0 N–H and O–H groups in total. The van der Waals surface area contributed by atoms with Gasteiger partial charge in [-0.25, -0.2) is 8.78 Å². The first-order valence-electron chi connectivity index (χ1n) is 12.9. The third-order valence-electron chi connectivity index (χ3n) is 7.44. The van der Waals surface area contributed by atoms with Crippen LogP contribution in [0.4, 0.5) is 14.5 Å². The quantitative estimate of drug-likeness (QED) is 0.464. The van der Waals surface area contributed by atoms with Crippen LogP contribution in [0.1, 0.15) is 52.6 Å². The van der Waals surface area contributed by atoms with Crippen molar-refractivity contribution >= 4 is 11.6 Å². The van der Waals surface area contributed by atoms with Crippen LogP contribution in [-0.4, -0.2) is 48.2 Å². The lowest BCUT2D eigenvalue weighted by molar-refractivity contribution is 0.0735. The number of anilines is 1. The smallest absolute Gasteiger partial charge is 0.270 e. The molecule has 1 amide bonds. The maximum absolute atomic E-state index is 14.0. The van der Waals surface area contributed by atoms with Gasteiger partial charge in [0, 0.05) is 38.4 Å². The predicted octanol–water partition coefficient (Wildman–Crippen LogP) is 5.36. The minimum Gasteiger partial charge on any atom is -0.492 e. The van der Waals surface area contributed by atoms with Gasteiger partial charge in [0.1, 0.15) is 11.4 Å². The number of carbonyl (C=O) groups is 1. The summed E-state index contributed by atoms with van der Waals surface area (Å²) in [6.07, 6.45) is 4.03. The second-order valence-electron chi connectivity index (χ2n) is 9.62. The third kappa shape index (κ3) is 4.59. The molecular weight excluding hydrogens is 460 g/mol. The SMILES string of the molecule is CCOc1ccccc1N1CCN(C(=O)c2c(C)c3c(n2Cc2ccc(F)c(F)c2)CCCC3)CC1. The monoisotopic (exact) mass is 493 g/mol. The van der Waals surface area contributed by atoms with E-state index in [1.807, 2.05) is 36.9 Å². The zero-order chi connectivity index (χ0) is 25.2. The van der Waals surface area contributed by atoms with Gasteiger partial charge in [-0.15, -0.1) is 0 Å². The molecule has 0 unspecified atom stereocenters. The summed E-state index contributed by atoms with van der Waals surface area (Å²) in [5.74, 6) is -0.836. The lowest BCUT2D eigenvalue weighted by atomic mass is 9.95. The van der Waals surface area contributed by atoms with E-state index in [9.17, 15) is 13.6 Å². The first-order valence-corrected chi connectivity index (χ1v) is 12.9. The Morgan fingerprint density at radius 1 is 0.972 bits per heavy atom. The Hall–Kier alpha value is -3.35. The van der Waals surface area contributed by atoms with Crippen molar-refractivity contribution in [3.63, 3.8) is 0 Å². The van der Waals surface area contributed by atoms with Crippen LogP contribution in [-0.2, 0) is 19.4 Å². The number of rotatable bonds is 6. The Labute approximate surface area is 211 Å². The maximum atomic E-state index is 14.0. The summed E-state index contributed by atoms with van der Waals surface area (Å²) in [5.41, 5.74) is 5.84. The molecular formula is C29H33F2N3O2. The van der Waals surface area contributed by atoms with Crippen molar-refractivity contribution in [3.8, 4) is 5.75 Å². The van der Waals surface area contributed by atoms with Gasteiger partial charge >= 0.3 is 0 Å². The fourth-order valence-corrected chi connectivity index (χ4v) is 5.64. The van der Waals surface area contributed by atoms with E-state index in [1.54, 1.807) is 6.07 Å². The average molecular weight is 494 g/mol. The number of hydrogen-bond acceptors (Lipinski definition) is 3. The van der Waals surface area contributed by atoms with Crippen LogP contribution in [0.25, 0.3) is 0 Å². The van der Waals surface area contributed by atoms with E-state index in [4.69, 9.17) is 4.74 Å². The predicted molar refractivity (Wildman–Crippen MR) is 137 cm³/mol. The summed E-state index contributed by atoms with van der Waals surface area (Å²) < 4.78 is 35.4. The molecule has 2 heterocycles. The number of para-hydroxylation sites is 2. The van der Waals surface area contributed by atoms with Crippen molar-refractivity contribution in [3.05, 3.63) is 82.2 Å². The van der Waals surface area contributed by atoms with Crippen molar-refractivity contribution < 1.29 is 18.3 Å². The molecule has 2 aromatic carbocycles. The summed E-state index contributed by atoms with van der Waals surface area (Å²) >= 11 is 0. The van der Waals surface area contributed by atoms with Crippen LogP contribution >= 0.6 is 0 Å². The van der Waals surface area contributed by atoms with Crippen molar-refractivity contribution in [2.45, 2.75) is 46.1 Å². The van der Waals surface area contributed by atoms with Gasteiger partial charge in [0.2, 0.25) is 0 Å². The molecule has 1 aliphatic heterocycles. The van der Waals surface area contributed by atoms with Crippen LogP contribution in [0.15, 0.2) is 42.5 Å². The largest absolute Gasteiger partial charge is 0.492 e. The van der Waals surface area contributed by atoms with Gasteiger partial charge in [-0.2, -0.15) is 0 Å². The van der Waals surface area contributed by atoms with E-state index < -0.39 is 11.6 Å². The molecule has 1 aliphatic carbocycles. The van der Waals surface area contributed by atoms with Gasteiger partial charge in [-0.05, 0) is 80.5 Å². The fourth-order valence-electron chi connectivity index (χ4n) is 5.64. The molecule has 3 aromatic rings. The minimum absolute atomic E-state index is 0.0160. The number of amides is 1. The van der Waals surface area contributed by atoms with Crippen LogP contribution in [0.5, 0.6) is 5.75 Å². The Bertz CT molecular complexity index is 1260. The molecule has 36 heavy (non-hydrogen) atoms. The number of fused-ring (bicyclic) bond motifs is 1. The Morgan fingerprint density at radius 3 is 2.47 bits per heavy atom. The van der Waals surface area contributed by atoms with Crippen molar-refractivity contribution in [1.82, 2.24) is 9.47 Å². The Kier molecular flexibility index (Phi) is 6.99. The van der Waals surface area contributed by atoms with Gasteiger partial charge in [0.15, 0.2) is 11.6 Å². The molecule has 1 saturated heterocycles. The van der Waals surface area contributed by atoms with Gasteiger partial charge in [-0.3, -0.25) is 4.79 Å². The molecule has 190 valence electrons. The molecule has 0 spiro atoms. The zero-order valence-electron chi connectivity index (χ0n) is 21.0. The van der Waals surface area contributed by atoms with Crippen molar-refractivity contribution in [2.75, 3.05) is 37.7 Å². The summed E-state index contributed by atoms with van der Waals surface area (Å²) in [4.78, 5) is 18.1. The lowest BCUT2D eigenvalue weighted by Gasteiger charge is -2.37. The molecule has 0 atom stereocenters. The lowest BCUT2D eigenvalue weighted by Crippen LogP contribution is -2.49. The molecule has 1 aromatic heterocycles. The first kappa shape index (κ1) is 24.3. The second-order valence-corrected chi connectivity index (χ2v) is 9.62. The summed E-state index contributed by atoms with van der Waals surface area (Å²) in [6.45, 7) is 7.64. The molecule has 0 saturated carbocycles. The standard InChI is InChI=1S/C29H33F2N3O2/c1-3-36-27-11-7-6-10-26(27)32-14-16-33(17-15-32)29(35)28-20(2)22-8-4-5-9-25(22)34(28)19-21-12-13-23(30)24(31)18-21/h6-7,10-13,18H,3-5,8-9,14-17,19H2,1-2H3. The van der Waals surface area contributed by atoms with E-state index in [-0.39, 0.29) is 5.91 Å². The number of ether oxygens (including phenoxy) is 1.